The van der Waals surface area contributed by atoms with Gasteiger partial charge in [-0.25, -0.2) is 4.79 Å². The van der Waals surface area contributed by atoms with Crippen molar-refractivity contribution in [3.8, 4) is 0 Å². The molecule has 106 valence electrons. The first kappa shape index (κ1) is 15.1. The van der Waals surface area contributed by atoms with Crippen LogP contribution in [0.15, 0.2) is 0 Å². The molecule has 1 amide bonds. The Balaban J connectivity index is 2.57. The van der Waals surface area contributed by atoms with E-state index in [4.69, 9.17) is 4.74 Å². The van der Waals surface area contributed by atoms with E-state index in [9.17, 15) is 18.0 Å². The molecule has 0 bridgehead atoms. The van der Waals surface area contributed by atoms with Crippen LogP contribution >= 0.6 is 0 Å². The van der Waals surface area contributed by atoms with Gasteiger partial charge in [0, 0.05) is 6.04 Å². The molecule has 0 unspecified atom stereocenters. The Bertz CT molecular complexity index is 312. The van der Waals surface area contributed by atoms with Crippen molar-refractivity contribution in [2.75, 3.05) is 6.54 Å². The molecule has 0 aromatic heterocycles. The molecule has 1 aliphatic rings. The fourth-order valence-corrected chi connectivity index (χ4v) is 1.83. The molecule has 0 spiro atoms. The van der Waals surface area contributed by atoms with Crippen LogP contribution in [0, 0.1) is 0 Å². The number of nitrogens with zero attached hydrogens (tertiary/aromatic N) is 1. The number of likely N-dealkylation sites (tertiary alicyclic amines) is 1. The molecule has 1 heterocycles. The highest BCUT2D eigenvalue weighted by molar-refractivity contribution is 5.69. The minimum Gasteiger partial charge on any atom is -0.444 e. The SMILES string of the molecule is C[C@@H]1C[C@@H](OC(F)(F)F)CN1C(=O)OC(C)(C)C. The molecule has 0 aromatic carbocycles. The Labute approximate surface area is 104 Å². The molecule has 1 rings (SSSR count). The van der Waals surface area contributed by atoms with E-state index in [0.29, 0.717) is 0 Å². The lowest BCUT2D eigenvalue weighted by Crippen LogP contribution is -2.39. The number of carbonyl (C=O) groups is 1. The van der Waals surface area contributed by atoms with Crippen LogP contribution in [0.25, 0.3) is 0 Å². The zero-order valence-electron chi connectivity index (χ0n) is 10.9. The average Bonchev–Trinajstić information content (AvgIpc) is 2.39. The van der Waals surface area contributed by atoms with Gasteiger partial charge in [0.25, 0.3) is 0 Å². The number of carbonyl (C=O) groups excluding carboxylic acids is 1. The Morgan fingerprint density at radius 2 is 1.83 bits per heavy atom. The topological polar surface area (TPSA) is 38.8 Å². The summed E-state index contributed by atoms with van der Waals surface area (Å²) in [5.41, 5.74) is -0.667. The first-order chi connectivity index (χ1) is 7.98. The zero-order valence-corrected chi connectivity index (χ0v) is 10.9. The molecule has 4 nitrogen and oxygen atoms in total. The smallest absolute Gasteiger partial charge is 0.444 e. The summed E-state index contributed by atoms with van der Waals surface area (Å²) < 4.78 is 45.3. The minimum atomic E-state index is -4.67. The number of ether oxygens (including phenoxy) is 2. The highest BCUT2D eigenvalue weighted by Gasteiger charge is 2.41. The van der Waals surface area contributed by atoms with E-state index in [1.807, 2.05) is 0 Å². The van der Waals surface area contributed by atoms with Crippen LogP contribution in [-0.2, 0) is 9.47 Å². The summed E-state index contributed by atoms with van der Waals surface area (Å²) in [5.74, 6) is 0. The van der Waals surface area contributed by atoms with Crippen LogP contribution in [0.5, 0.6) is 0 Å². The summed E-state index contributed by atoms with van der Waals surface area (Å²) in [6.07, 6.45) is -6.15. The molecule has 0 N–H and O–H groups in total. The van der Waals surface area contributed by atoms with Gasteiger partial charge < -0.3 is 9.64 Å². The first-order valence-corrected chi connectivity index (χ1v) is 5.72. The predicted octanol–water partition coefficient (Wildman–Crippen LogP) is 2.92. The van der Waals surface area contributed by atoms with Crippen molar-refractivity contribution >= 4 is 6.09 Å². The van der Waals surface area contributed by atoms with E-state index in [1.54, 1.807) is 27.7 Å². The van der Waals surface area contributed by atoms with Crippen LogP contribution in [0.1, 0.15) is 34.1 Å². The third-order valence-corrected chi connectivity index (χ3v) is 2.46. The molecule has 0 aliphatic carbocycles. The van der Waals surface area contributed by atoms with Crippen LogP contribution in [-0.4, -0.2) is 41.6 Å². The summed E-state index contributed by atoms with van der Waals surface area (Å²) in [7, 11) is 0. The van der Waals surface area contributed by atoms with Crippen LogP contribution in [0.4, 0.5) is 18.0 Å². The van der Waals surface area contributed by atoms with Gasteiger partial charge in [-0.2, -0.15) is 0 Å². The summed E-state index contributed by atoms with van der Waals surface area (Å²) in [5, 5.41) is 0. The normalized spacial score (nSPS) is 25.4. The van der Waals surface area contributed by atoms with Crippen molar-refractivity contribution in [3.63, 3.8) is 0 Å². The summed E-state index contributed by atoms with van der Waals surface area (Å²) in [4.78, 5) is 13.0. The molecule has 2 atom stereocenters. The summed E-state index contributed by atoms with van der Waals surface area (Å²) in [6, 6.07) is -0.327. The fourth-order valence-electron chi connectivity index (χ4n) is 1.83. The number of hydrogen-bond acceptors (Lipinski definition) is 3. The van der Waals surface area contributed by atoms with Gasteiger partial charge in [0.15, 0.2) is 0 Å². The van der Waals surface area contributed by atoms with Crippen molar-refractivity contribution in [3.05, 3.63) is 0 Å². The second-order valence-corrected chi connectivity index (χ2v) is 5.40. The largest absolute Gasteiger partial charge is 0.522 e. The van der Waals surface area contributed by atoms with Crippen molar-refractivity contribution in [2.45, 2.75) is 58.2 Å². The number of hydrogen-bond donors (Lipinski definition) is 0. The van der Waals surface area contributed by atoms with Crippen LogP contribution in [0.2, 0.25) is 0 Å². The van der Waals surface area contributed by atoms with E-state index in [1.165, 1.54) is 4.90 Å². The molecule has 18 heavy (non-hydrogen) atoms. The van der Waals surface area contributed by atoms with Crippen molar-refractivity contribution in [1.82, 2.24) is 4.90 Å². The van der Waals surface area contributed by atoms with Gasteiger partial charge in [0.2, 0.25) is 0 Å². The van der Waals surface area contributed by atoms with Crippen molar-refractivity contribution in [1.29, 1.82) is 0 Å². The molecular formula is C11H18F3NO3. The van der Waals surface area contributed by atoms with E-state index in [-0.39, 0.29) is 19.0 Å². The second-order valence-electron chi connectivity index (χ2n) is 5.40. The monoisotopic (exact) mass is 269 g/mol. The lowest BCUT2D eigenvalue weighted by Gasteiger charge is -2.26. The summed E-state index contributed by atoms with van der Waals surface area (Å²) >= 11 is 0. The zero-order chi connectivity index (χ0) is 14.1. The van der Waals surface area contributed by atoms with Gasteiger partial charge >= 0.3 is 12.5 Å². The number of halogens is 3. The molecule has 1 aliphatic heterocycles. The highest BCUT2D eigenvalue weighted by Crippen LogP contribution is 2.28. The van der Waals surface area contributed by atoms with Crippen molar-refractivity contribution < 1.29 is 27.4 Å². The maximum Gasteiger partial charge on any atom is 0.522 e. The van der Waals surface area contributed by atoms with Gasteiger partial charge in [0.05, 0.1) is 12.6 Å². The van der Waals surface area contributed by atoms with Crippen LogP contribution < -0.4 is 0 Å². The first-order valence-electron chi connectivity index (χ1n) is 5.72. The van der Waals surface area contributed by atoms with E-state index in [0.717, 1.165) is 0 Å². The molecule has 1 saturated heterocycles. The number of amides is 1. The lowest BCUT2D eigenvalue weighted by molar-refractivity contribution is -0.340. The quantitative estimate of drug-likeness (QED) is 0.734. The van der Waals surface area contributed by atoms with Gasteiger partial charge in [-0.3, -0.25) is 4.74 Å². The Morgan fingerprint density at radius 1 is 1.28 bits per heavy atom. The molecule has 0 aromatic rings. The van der Waals surface area contributed by atoms with Gasteiger partial charge in [0.1, 0.15) is 5.60 Å². The minimum absolute atomic E-state index is 0.102. The molecular weight excluding hydrogens is 251 g/mol. The summed E-state index contributed by atoms with van der Waals surface area (Å²) in [6.45, 7) is 6.68. The Hall–Kier alpha value is -0.980. The lowest BCUT2D eigenvalue weighted by atomic mass is 10.2. The number of rotatable bonds is 1. The molecule has 0 saturated carbocycles. The number of alkyl halides is 3. The maximum absolute atomic E-state index is 12.1. The maximum atomic E-state index is 12.1. The third-order valence-electron chi connectivity index (χ3n) is 2.46. The predicted molar refractivity (Wildman–Crippen MR) is 57.9 cm³/mol. The second kappa shape index (κ2) is 4.95. The molecule has 7 heteroatoms. The van der Waals surface area contributed by atoms with E-state index in [2.05, 4.69) is 4.74 Å². The van der Waals surface area contributed by atoms with Gasteiger partial charge in [-0.15, -0.1) is 13.2 Å². The molecule has 1 fully saturated rings. The van der Waals surface area contributed by atoms with Crippen molar-refractivity contribution in [2.24, 2.45) is 0 Å². The van der Waals surface area contributed by atoms with Crippen LogP contribution in [0.3, 0.4) is 0 Å². The van der Waals surface area contributed by atoms with Gasteiger partial charge in [-0.05, 0) is 34.1 Å². The van der Waals surface area contributed by atoms with E-state index >= 15 is 0 Å². The Kier molecular flexibility index (Phi) is 4.15. The third kappa shape index (κ3) is 4.72. The fraction of sp³-hybridized carbons (Fsp3) is 0.909. The van der Waals surface area contributed by atoms with E-state index < -0.39 is 24.2 Å². The average molecular weight is 269 g/mol. The highest BCUT2D eigenvalue weighted by atomic mass is 19.4. The van der Waals surface area contributed by atoms with Gasteiger partial charge in [-0.1, -0.05) is 0 Å². The molecule has 0 radical (unpaired) electrons. The standard InChI is InChI=1S/C11H18F3NO3/c1-7-5-8(17-11(12,13)14)6-15(7)9(16)18-10(2,3)4/h7-8H,5-6H2,1-4H3/t7-,8-/m1/s1. The Morgan fingerprint density at radius 3 is 2.28 bits per heavy atom.